The average molecular weight is 393 g/mol. The maximum atomic E-state index is 12.5. The van der Waals surface area contributed by atoms with E-state index in [1.807, 2.05) is 25.1 Å². The smallest absolute Gasteiger partial charge is 0.357 e. The lowest BCUT2D eigenvalue weighted by atomic mass is 10.1. The van der Waals surface area contributed by atoms with Gasteiger partial charge in [0.25, 0.3) is 5.91 Å². The molecule has 0 spiro atoms. The third-order valence-corrected chi connectivity index (χ3v) is 3.65. The summed E-state index contributed by atoms with van der Waals surface area (Å²) < 4.78 is 37.6. The van der Waals surface area contributed by atoms with Crippen LogP contribution in [0.3, 0.4) is 0 Å². The molecule has 150 valence electrons. The first-order valence-electron chi connectivity index (χ1n) is 8.77. The molecule has 3 N–H and O–H groups in total. The number of rotatable bonds is 7. The molecule has 1 aromatic heterocycles. The molecule has 0 unspecified atom stereocenters. The normalized spacial score (nSPS) is 11.8. The number of amides is 1. The fraction of sp³-hybridized carbons (Fsp3) is 0.316. The summed E-state index contributed by atoms with van der Waals surface area (Å²) in [5.74, 6) is 0.142. The van der Waals surface area contributed by atoms with E-state index in [0.29, 0.717) is 25.6 Å². The van der Waals surface area contributed by atoms with Gasteiger partial charge in [-0.1, -0.05) is 6.07 Å². The summed E-state index contributed by atoms with van der Waals surface area (Å²) in [6, 6.07) is 9.68. The number of halogens is 3. The zero-order chi connectivity index (χ0) is 20.4. The van der Waals surface area contributed by atoms with Crippen LogP contribution in [0.1, 0.15) is 28.5 Å². The number of benzene rings is 1. The molecule has 0 atom stereocenters. The number of aliphatic imine (C=N–C) groups is 1. The second-order valence-corrected chi connectivity index (χ2v) is 5.77. The van der Waals surface area contributed by atoms with Gasteiger partial charge in [-0.15, -0.1) is 0 Å². The van der Waals surface area contributed by atoms with Crippen LogP contribution in [0.15, 0.2) is 53.7 Å². The lowest BCUT2D eigenvalue weighted by molar-refractivity contribution is -0.137. The minimum atomic E-state index is -4.42. The van der Waals surface area contributed by atoms with Gasteiger partial charge in [0, 0.05) is 31.4 Å². The van der Waals surface area contributed by atoms with Crippen molar-refractivity contribution in [3.63, 3.8) is 0 Å². The van der Waals surface area contributed by atoms with Crippen molar-refractivity contribution < 1.29 is 18.0 Å². The molecule has 0 saturated heterocycles. The second kappa shape index (κ2) is 10.3. The van der Waals surface area contributed by atoms with Crippen molar-refractivity contribution in [2.24, 2.45) is 4.99 Å². The van der Waals surface area contributed by atoms with E-state index in [-0.39, 0.29) is 12.1 Å². The Morgan fingerprint density at radius 3 is 2.36 bits per heavy atom. The van der Waals surface area contributed by atoms with E-state index in [1.165, 1.54) is 0 Å². The average Bonchev–Trinajstić information content (AvgIpc) is 2.69. The molecule has 6 nitrogen and oxygen atoms in total. The molecule has 1 heterocycles. The van der Waals surface area contributed by atoms with Gasteiger partial charge < -0.3 is 16.0 Å². The Bertz CT molecular complexity index is 776. The molecule has 1 aromatic carbocycles. The lowest BCUT2D eigenvalue weighted by Crippen LogP contribution is -2.41. The molecule has 0 aliphatic rings. The van der Waals surface area contributed by atoms with Gasteiger partial charge in [0.15, 0.2) is 5.96 Å². The Morgan fingerprint density at radius 1 is 1.04 bits per heavy atom. The zero-order valence-corrected chi connectivity index (χ0v) is 15.4. The van der Waals surface area contributed by atoms with Crippen LogP contribution in [-0.4, -0.2) is 36.5 Å². The topological polar surface area (TPSA) is 78.4 Å². The largest absolute Gasteiger partial charge is 0.416 e. The summed E-state index contributed by atoms with van der Waals surface area (Å²) in [4.78, 5) is 20.6. The van der Waals surface area contributed by atoms with Crippen LogP contribution in [-0.2, 0) is 12.7 Å². The summed E-state index contributed by atoms with van der Waals surface area (Å²) in [7, 11) is 0. The number of carbonyl (C=O) groups excluding carboxylic acids is 1. The maximum absolute atomic E-state index is 12.5. The van der Waals surface area contributed by atoms with Gasteiger partial charge in [0.2, 0.25) is 0 Å². The molecule has 0 aliphatic heterocycles. The van der Waals surface area contributed by atoms with E-state index in [4.69, 9.17) is 0 Å². The van der Waals surface area contributed by atoms with Crippen LogP contribution in [0.5, 0.6) is 0 Å². The van der Waals surface area contributed by atoms with Crippen LogP contribution in [0, 0.1) is 0 Å². The van der Waals surface area contributed by atoms with E-state index in [2.05, 4.69) is 25.9 Å². The molecule has 0 fully saturated rings. The van der Waals surface area contributed by atoms with Crippen molar-refractivity contribution in [3.05, 3.63) is 65.5 Å². The highest BCUT2D eigenvalue weighted by Gasteiger charge is 2.30. The number of alkyl halides is 3. The lowest BCUT2D eigenvalue weighted by Gasteiger charge is -2.12. The first kappa shape index (κ1) is 21.2. The first-order chi connectivity index (χ1) is 13.4. The SMILES string of the molecule is CCNC(=NCc1ccccn1)NCCNC(=O)c1ccc(C(F)(F)F)cc1. The van der Waals surface area contributed by atoms with Gasteiger partial charge >= 0.3 is 6.18 Å². The number of nitrogens with one attached hydrogen (secondary N) is 3. The van der Waals surface area contributed by atoms with Gasteiger partial charge in [-0.05, 0) is 43.3 Å². The standard InChI is InChI=1S/C19H22F3N5O/c1-2-23-18(27-13-16-5-3-4-10-24-16)26-12-11-25-17(28)14-6-8-15(9-7-14)19(20,21)22/h3-10H,2,11-13H2,1H3,(H,25,28)(H2,23,26,27). The van der Waals surface area contributed by atoms with E-state index in [0.717, 1.165) is 30.0 Å². The molecule has 1 amide bonds. The Kier molecular flexibility index (Phi) is 7.79. The van der Waals surface area contributed by atoms with E-state index < -0.39 is 17.6 Å². The Labute approximate surface area is 161 Å². The number of carbonyl (C=O) groups is 1. The molecule has 28 heavy (non-hydrogen) atoms. The highest BCUT2D eigenvalue weighted by Crippen LogP contribution is 2.28. The molecule has 0 saturated carbocycles. The zero-order valence-electron chi connectivity index (χ0n) is 15.4. The molecule has 0 bridgehead atoms. The monoisotopic (exact) mass is 393 g/mol. The highest BCUT2D eigenvalue weighted by atomic mass is 19.4. The Balaban J connectivity index is 1.80. The predicted octanol–water partition coefficient (Wildman–Crippen LogP) is 2.59. The van der Waals surface area contributed by atoms with E-state index >= 15 is 0 Å². The van der Waals surface area contributed by atoms with E-state index in [9.17, 15) is 18.0 Å². The third-order valence-electron chi connectivity index (χ3n) is 3.65. The summed E-state index contributed by atoms with van der Waals surface area (Å²) in [6.07, 6.45) is -2.72. The number of hydrogen-bond acceptors (Lipinski definition) is 3. The van der Waals surface area contributed by atoms with Gasteiger partial charge in [0.1, 0.15) is 0 Å². The fourth-order valence-corrected chi connectivity index (χ4v) is 2.26. The number of hydrogen-bond donors (Lipinski definition) is 3. The van der Waals surface area contributed by atoms with Crippen molar-refractivity contribution in [3.8, 4) is 0 Å². The molecule has 2 aromatic rings. The van der Waals surface area contributed by atoms with Gasteiger partial charge in [-0.3, -0.25) is 9.78 Å². The second-order valence-electron chi connectivity index (χ2n) is 5.77. The van der Waals surface area contributed by atoms with Gasteiger partial charge in [-0.25, -0.2) is 4.99 Å². The molecular weight excluding hydrogens is 371 g/mol. The summed E-state index contributed by atoms with van der Waals surface area (Å²) >= 11 is 0. The number of pyridine rings is 1. The van der Waals surface area contributed by atoms with Crippen LogP contribution < -0.4 is 16.0 Å². The van der Waals surface area contributed by atoms with Crippen LogP contribution in [0.25, 0.3) is 0 Å². The maximum Gasteiger partial charge on any atom is 0.416 e. The first-order valence-corrected chi connectivity index (χ1v) is 8.77. The fourth-order valence-electron chi connectivity index (χ4n) is 2.26. The number of aromatic nitrogens is 1. The van der Waals surface area contributed by atoms with Crippen LogP contribution in [0.4, 0.5) is 13.2 Å². The molecule has 9 heteroatoms. The van der Waals surface area contributed by atoms with Crippen LogP contribution >= 0.6 is 0 Å². The molecule has 0 radical (unpaired) electrons. The van der Waals surface area contributed by atoms with Crippen molar-refractivity contribution in [2.75, 3.05) is 19.6 Å². The molecule has 0 aliphatic carbocycles. The third kappa shape index (κ3) is 6.90. The number of guanidine groups is 1. The van der Waals surface area contributed by atoms with Crippen LogP contribution in [0.2, 0.25) is 0 Å². The van der Waals surface area contributed by atoms with Crippen molar-refractivity contribution in [1.29, 1.82) is 0 Å². The summed E-state index contributed by atoms with van der Waals surface area (Å²) in [5, 5.41) is 8.81. The Hall–Kier alpha value is -3.10. The summed E-state index contributed by atoms with van der Waals surface area (Å²) in [6.45, 7) is 3.71. The Morgan fingerprint density at radius 2 is 1.75 bits per heavy atom. The molecule has 2 rings (SSSR count). The van der Waals surface area contributed by atoms with Crippen molar-refractivity contribution in [2.45, 2.75) is 19.6 Å². The predicted molar refractivity (Wildman–Crippen MR) is 101 cm³/mol. The van der Waals surface area contributed by atoms with Gasteiger partial charge in [0.05, 0.1) is 17.8 Å². The van der Waals surface area contributed by atoms with E-state index in [1.54, 1.807) is 6.20 Å². The quantitative estimate of drug-likeness (QED) is 0.384. The highest BCUT2D eigenvalue weighted by molar-refractivity contribution is 5.94. The number of nitrogens with zero attached hydrogens (tertiary/aromatic N) is 2. The van der Waals surface area contributed by atoms with Crippen molar-refractivity contribution in [1.82, 2.24) is 20.9 Å². The minimum absolute atomic E-state index is 0.170. The summed E-state index contributed by atoms with van der Waals surface area (Å²) in [5.41, 5.74) is 0.212. The van der Waals surface area contributed by atoms with Crippen molar-refractivity contribution >= 4 is 11.9 Å². The van der Waals surface area contributed by atoms with Gasteiger partial charge in [-0.2, -0.15) is 13.2 Å². The minimum Gasteiger partial charge on any atom is -0.357 e. The molecular formula is C19H22F3N5O.